The molecular weight excluding hydrogens is 190 g/mol. The molecule has 1 saturated heterocycles. The number of aliphatic hydroxyl groups is 3. The number of carbonyl (C=O) groups is 1. The Kier molecular flexibility index (Phi) is 2.57. The van der Waals surface area contributed by atoms with Crippen LogP contribution in [-0.2, 0) is 9.53 Å². The summed E-state index contributed by atoms with van der Waals surface area (Å²) in [6.07, 6.45) is -2.97. The Morgan fingerprint density at radius 2 is 1.93 bits per heavy atom. The number of hydrogen-bond donors (Lipinski definition) is 4. The number of aliphatic hydroxyl groups excluding tert-OH is 2. The van der Waals surface area contributed by atoms with E-state index in [2.05, 4.69) is 5.32 Å². The minimum Gasteiger partial charge on any atom is -0.385 e. The van der Waals surface area contributed by atoms with Crippen molar-refractivity contribution in [1.29, 1.82) is 0 Å². The number of ether oxygens (including phenoxy) is 1. The summed E-state index contributed by atoms with van der Waals surface area (Å²) in [4.78, 5) is 10.8. The maximum absolute atomic E-state index is 10.8. The van der Waals surface area contributed by atoms with E-state index in [4.69, 9.17) is 4.74 Å². The third-order valence-corrected chi connectivity index (χ3v) is 2.58. The van der Waals surface area contributed by atoms with Crippen LogP contribution >= 0.6 is 0 Å². The van der Waals surface area contributed by atoms with Gasteiger partial charge < -0.3 is 25.4 Å². The number of amides is 1. The average molecular weight is 205 g/mol. The van der Waals surface area contributed by atoms with E-state index in [-0.39, 0.29) is 0 Å². The summed E-state index contributed by atoms with van der Waals surface area (Å²) in [5.74, 6) is -0.422. The lowest BCUT2D eigenvalue weighted by molar-refractivity contribution is -0.179. The third kappa shape index (κ3) is 1.50. The molecule has 14 heavy (non-hydrogen) atoms. The first-order valence-electron chi connectivity index (χ1n) is 4.26. The first-order chi connectivity index (χ1) is 6.21. The Bertz CT molecular complexity index is 254. The van der Waals surface area contributed by atoms with E-state index in [0.717, 1.165) is 0 Å². The van der Waals surface area contributed by atoms with E-state index in [1.54, 1.807) is 0 Å². The Morgan fingerprint density at radius 3 is 2.21 bits per heavy atom. The van der Waals surface area contributed by atoms with Gasteiger partial charge in [0.25, 0.3) is 0 Å². The molecule has 1 aliphatic rings. The van der Waals surface area contributed by atoms with E-state index in [1.807, 2.05) is 0 Å². The van der Waals surface area contributed by atoms with Gasteiger partial charge >= 0.3 is 0 Å². The van der Waals surface area contributed by atoms with E-state index in [0.29, 0.717) is 0 Å². The Hall–Kier alpha value is -0.690. The molecule has 0 aromatic carbocycles. The lowest BCUT2D eigenvalue weighted by Crippen LogP contribution is -2.61. The Morgan fingerprint density at radius 1 is 1.43 bits per heavy atom. The minimum absolute atomic E-state index is 0.422. The predicted molar refractivity (Wildman–Crippen MR) is 45.9 cm³/mol. The largest absolute Gasteiger partial charge is 0.385 e. The summed E-state index contributed by atoms with van der Waals surface area (Å²) in [6.45, 7) is 3.92. The molecule has 1 unspecified atom stereocenters. The van der Waals surface area contributed by atoms with Crippen molar-refractivity contribution >= 4 is 5.91 Å². The molecule has 4 atom stereocenters. The van der Waals surface area contributed by atoms with Crippen LogP contribution in [0.25, 0.3) is 0 Å². The summed E-state index contributed by atoms with van der Waals surface area (Å²) in [5.41, 5.74) is -3.23. The lowest BCUT2D eigenvalue weighted by Gasteiger charge is -2.35. The molecule has 1 amide bonds. The first-order valence-corrected chi connectivity index (χ1v) is 4.26. The first kappa shape index (κ1) is 11.4. The maximum Gasteiger partial charge on any atom is 0.219 e. The van der Waals surface area contributed by atoms with Crippen molar-refractivity contribution < 1.29 is 24.9 Å². The van der Waals surface area contributed by atoms with Crippen LogP contribution in [0.5, 0.6) is 0 Å². The van der Waals surface area contributed by atoms with Crippen LogP contribution in [0.2, 0.25) is 0 Å². The average Bonchev–Trinajstić information content (AvgIpc) is 2.11. The molecule has 6 nitrogen and oxygen atoms in total. The van der Waals surface area contributed by atoms with Crippen molar-refractivity contribution in [1.82, 2.24) is 5.32 Å². The fourth-order valence-corrected chi connectivity index (χ4v) is 1.48. The van der Waals surface area contributed by atoms with Gasteiger partial charge in [-0.3, -0.25) is 4.79 Å². The molecule has 1 fully saturated rings. The van der Waals surface area contributed by atoms with Crippen LogP contribution in [-0.4, -0.2) is 44.9 Å². The zero-order chi connectivity index (χ0) is 11.1. The van der Waals surface area contributed by atoms with Crippen LogP contribution in [0.15, 0.2) is 0 Å². The number of nitrogens with one attached hydrogen (secondary N) is 1. The second kappa shape index (κ2) is 3.16. The van der Waals surface area contributed by atoms with Gasteiger partial charge in [-0.2, -0.15) is 0 Å². The molecule has 0 radical (unpaired) electrons. The summed E-state index contributed by atoms with van der Waals surface area (Å²) >= 11 is 0. The van der Waals surface area contributed by atoms with Crippen LogP contribution in [0.3, 0.4) is 0 Å². The summed E-state index contributed by atoms with van der Waals surface area (Å²) < 4.78 is 4.91. The standard InChI is InChI=1S/C8H15NO5/c1-4(10)9-8(3)7(2,13)5(11)6(12)14-8/h5-6,11-13H,1-3H3,(H,9,10)/t5-,6?,7-,8+/m0/s1. The molecule has 0 aromatic rings. The smallest absolute Gasteiger partial charge is 0.219 e. The monoisotopic (exact) mass is 205 g/mol. The maximum atomic E-state index is 10.8. The SMILES string of the molecule is CC(=O)N[C@]1(C)OC(O)[C@H](O)[C@]1(C)O. The second-order valence-corrected chi connectivity index (χ2v) is 3.82. The minimum atomic E-state index is -1.74. The van der Waals surface area contributed by atoms with Gasteiger partial charge in [0.15, 0.2) is 12.0 Å². The van der Waals surface area contributed by atoms with Gasteiger partial charge in [-0.15, -0.1) is 0 Å². The summed E-state index contributed by atoms with van der Waals surface area (Å²) in [6, 6.07) is 0. The molecule has 1 aliphatic heterocycles. The third-order valence-electron chi connectivity index (χ3n) is 2.58. The lowest BCUT2D eigenvalue weighted by atomic mass is 9.90. The second-order valence-electron chi connectivity index (χ2n) is 3.82. The molecule has 0 bridgehead atoms. The Balaban J connectivity index is 2.94. The van der Waals surface area contributed by atoms with Crippen LogP contribution in [0.1, 0.15) is 20.8 Å². The van der Waals surface area contributed by atoms with Gasteiger partial charge in [-0.1, -0.05) is 0 Å². The highest BCUT2D eigenvalue weighted by Gasteiger charge is 2.60. The number of hydrogen-bond acceptors (Lipinski definition) is 5. The molecule has 0 aliphatic carbocycles. The van der Waals surface area contributed by atoms with E-state index >= 15 is 0 Å². The fraction of sp³-hybridized carbons (Fsp3) is 0.875. The highest BCUT2D eigenvalue weighted by Crippen LogP contribution is 2.36. The number of carbonyl (C=O) groups excluding carboxylic acids is 1. The van der Waals surface area contributed by atoms with Gasteiger partial charge in [0, 0.05) is 6.92 Å². The zero-order valence-corrected chi connectivity index (χ0v) is 8.31. The normalized spacial score (nSPS) is 47.9. The van der Waals surface area contributed by atoms with Gasteiger partial charge in [-0.25, -0.2) is 0 Å². The van der Waals surface area contributed by atoms with Crippen LogP contribution in [0, 0.1) is 0 Å². The molecule has 0 saturated carbocycles. The van der Waals surface area contributed by atoms with Gasteiger partial charge in [0.2, 0.25) is 5.91 Å². The molecular formula is C8H15NO5. The molecule has 0 aromatic heterocycles. The van der Waals surface area contributed by atoms with Gasteiger partial charge in [-0.05, 0) is 13.8 Å². The van der Waals surface area contributed by atoms with Crippen molar-refractivity contribution in [3.63, 3.8) is 0 Å². The van der Waals surface area contributed by atoms with E-state index in [9.17, 15) is 20.1 Å². The summed E-state index contributed by atoms with van der Waals surface area (Å²) in [5, 5.41) is 30.8. The van der Waals surface area contributed by atoms with Crippen molar-refractivity contribution in [2.45, 2.75) is 44.5 Å². The van der Waals surface area contributed by atoms with Crippen LogP contribution in [0.4, 0.5) is 0 Å². The molecule has 1 rings (SSSR count). The molecule has 1 heterocycles. The van der Waals surface area contributed by atoms with E-state index < -0.39 is 29.6 Å². The number of rotatable bonds is 1. The van der Waals surface area contributed by atoms with Crippen molar-refractivity contribution in [3.05, 3.63) is 0 Å². The molecule has 0 spiro atoms. The van der Waals surface area contributed by atoms with Crippen LogP contribution < -0.4 is 5.32 Å². The van der Waals surface area contributed by atoms with Crippen molar-refractivity contribution in [2.24, 2.45) is 0 Å². The molecule has 4 N–H and O–H groups in total. The fourth-order valence-electron chi connectivity index (χ4n) is 1.48. The van der Waals surface area contributed by atoms with Gasteiger partial charge in [0.05, 0.1) is 0 Å². The summed E-state index contributed by atoms with van der Waals surface area (Å²) in [7, 11) is 0. The quantitative estimate of drug-likeness (QED) is 0.409. The van der Waals surface area contributed by atoms with Crippen molar-refractivity contribution in [3.8, 4) is 0 Å². The highest BCUT2D eigenvalue weighted by molar-refractivity contribution is 5.73. The zero-order valence-electron chi connectivity index (χ0n) is 8.31. The van der Waals surface area contributed by atoms with Gasteiger partial charge in [0.1, 0.15) is 11.7 Å². The highest BCUT2D eigenvalue weighted by atomic mass is 16.7. The topological polar surface area (TPSA) is 99.0 Å². The Labute approximate surface area is 81.5 Å². The van der Waals surface area contributed by atoms with Crippen molar-refractivity contribution in [2.75, 3.05) is 0 Å². The molecule has 82 valence electrons. The predicted octanol–water partition coefficient (Wildman–Crippen LogP) is -1.70. The van der Waals surface area contributed by atoms with E-state index in [1.165, 1.54) is 20.8 Å². The molecule has 6 heteroatoms.